The normalized spacial score (nSPS) is 17.4. The van der Waals surface area contributed by atoms with Crippen LogP contribution in [0.3, 0.4) is 0 Å². The number of fused-ring (bicyclic) bond motifs is 2. The summed E-state index contributed by atoms with van der Waals surface area (Å²) in [7, 11) is 1.30. The number of anilines is 2. The van der Waals surface area contributed by atoms with Crippen LogP contribution in [-0.2, 0) is 9.53 Å². The van der Waals surface area contributed by atoms with Gasteiger partial charge in [-0.2, -0.15) is 0 Å². The standard InChI is InChI=1S/C27H26FN7O4/c1-39-24(36)11-16-14-34(21-5-4-17(28)12-19(16)21)26(37)20-13-23(31-15-30-20)33-9-6-18(7-10-33)35-22-3-2-8-29-25(22)32-27(35)38/h2-5,8,12-13,15-16,18H,6-7,9-11,14H2,1H3,(H,29,32,38). The van der Waals surface area contributed by atoms with Crippen molar-refractivity contribution in [3.63, 3.8) is 0 Å². The van der Waals surface area contributed by atoms with E-state index in [0.717, 1.165) is 18.4 Å². The number of piperidine rings is 1. The van der Waals surface area contributed by atoms with Crippen molar-refractivity contribution < 1.29 is 18.7 Å². The van der Waals surface area contributed by atoms with Crippen LogP contribution >= 0.6 is 0 Å². The molecule has 1 N–H and O–H groups in total. The van der Waals surface area contributed by atoms with Gasteiger partial charge in [-0.3, -0.25) is 19.1 Å². The number of carbonyl (C=O) groups excluding carboxylic acids is 2. The number of carbonyl (C=O) groups is 2. The quantitative estimate of drug-likeness (QED) is 0.390. The summed E-state index contributed by atoms with van der Waals surface area (Å²) in [6, 6.07) is 9.58. The van der Waals surface area contributed by atoms with Crippen LogP contribution in [0.25, 0.3) is 11.2 Å². The van der Waals surface area contributed by atoms with Crippen LogP contribution in [0.4, 0.5) is 15.9 Å². The van der Waals surface area contributed by atoms with Gasteiger partial charge in [-0.05, 0) is 48.7 Å². The minimum Gasteiger partial charge on any atom is -0.469 e. The molecule has 1 saturated heterocycles. The van der Waals surface area contributed by atoms with E-state index in [4.69, 9.17) is 4.74 Å². The number of halogens is 1. The molecule has 0 aliphatic carbocycles. The van der Waals surface area contributed by atoms with E-state index < -0.39 is 11.8 Å². The van der Waals surface area contributed by atoms with Gasteiger partial charge in [0, 0.05) is 49.5 Å². The maximum absolute atomic E-state index is 14.0. The van der Waals surface area contributed by atoms with Crippen LogP contribution in [-0.4, -0.2) is 63.1 Å². The fourth-order valence-electron chi connectivity index (χ4n) is 5.62. The summed E-state index contributed by atoms with van der Waals surface area (Å²) in [5.41, 5.74) is 2.53. The topological polar surface area (TPSA) is 126 Å². The van der Waals surface area contributed by atoms with Gasteiger partial charge >= 0.3 is 11.7 Å². The maximum Gasteiger partial charge on any atom is 0.327 e. The number of amides is 1. The van der Waals surface area contributed by atoms with E-state index in [1.54, 1.807) is 22.9 Å². The Morgan fingerprint density at radius 2 is 1.95 bits per heavy atom. The molecule has 0 saturated carbocycles. The van der Waals surface area contributed by atoms with E-state index in [1.807, 2.05) is 12.1 Å². The molecular weight excluding hydrogens is 505 g/mol. The van der Waals surface area contributed by atoms with Crippen molar-refractivity contribution >= 4 is 34.5 Å². The highest BCUT2D eigenvalue weighted by molar-refractivity contribution is 6.06. The van der Waals surface area contributed by atoms with Gasteiger partial charge in [0.2, 0.25) is 0 Å². The summed E-state index contributed by atoms with van der Waals surface area (Å²) in [6.45, 7) is 1.50. The molecule has 39 heavy (non-hydrogen) atoms. The predicted octanol–water partition coefficient (Wildman–Crippen LogP) is 2.80. The molecule has 5 heterocycles. The summed E-state index contributed by atoms with van der Waals surface area (Å²) in [5.74, 6) is -0.980. The first-order valence-electron chi connectivity index (χ1n) is 12.7. The molecule has 200 valence electrons. The summed E-state index contributed by atoms with van der Waals surface area (Å²) in [6.07, 6.45) is 4.48. The lowest BCUT2D eigenvalue weighted by Crippen LogP contribution is -2.37. The van der Waals surface area contributed by atoms with Crippen LogP contribution in [0.1, 0.15) is 47.3 Å². The number of hydrogen-bond acceptors (Lipinski definition) is 8. The van der Waals surface area contributed by atoms with Crippen molar-refractivity contribution in [1.82, 2.24) is 24.5 Å². The highest BCUT2D eigenvalue weighted by Crippen LogP contribution is 2.39. The third-order valence-electron chi connectivity index (χ3n) is 7.52. The Morgan fingerprint density at radius 3 is 2.74 bits per heavy atom. The Morgan fingerprint density at radius 1 is 1.13 bits per heavy atom. The van der Waals surface area contributed by atoms with E-state index in [2.05, 4.69) is 24.8 Å². The van der Waals surface area contributed by atoms with Crippen molar-refractivity contribution in [3.05, 3.63) is 76.5 Å². The number of aromatic amines is 1. The Bertz CT molecular complexity index is 1630. The molecule has 1 amide bonds. The summed E-state index contributed by atoms with van der Waals surface area (Å²) in [5, 5.41) is 0. The van der Waals surface area contributed by atoms with Crippen molar-refractivity contribution in [2.75, 3.05) is 36.5 Å². The second-order valence-corrected chi connectivity index (χ2v) is 9.75. The van der Waals surface area contributed by atoms with Gasteiger partial charge in [0.05, 0.1) is 19.0 Å². The predicted molar refractivity (Wildman–Crippen MR) is 140 cm³/mol. The zero-order valence-corrected chi connectivity index (χ0v) is 21.2. The average molecular weight is 532 g/mol. The number of nitrogens with one attached hydrogen (secondary N) is 1. The lowest BCUT2D eigenvalue weighted by Gasteiger charge is -2.33. The number of imidazole rings is 1. The number of nitrogens with zero attached hydrogens (tertiary/aromatic N) is 6. The molecule has 4 aromatic rings. The SMILES string of the molecule is COC(=O)CC1CN(C(=O)c2cc(N3CCC(n4c(=O)[nH]c5ncccc54)CC3)ncn2)c2ccc(F)cc21. The molecular formula is C27H26FN7O4. The number of H-pyrrole nitrogens is 1. The van der Waals surface area contributed by atoms with Gasteiger partial charge in [-0.25, -0.2) is 24.1 Å². The number of rotatable bonds is 5. The van der Waals surface area contributed by atoms with Gasteiger partial charge in [-0.15, -0.1) is 0 Å². The van der Waals surface area contributed by atoms with Crippen LogP contribution in [0, 0.1) is 5.82 Å². The van der Waals surface area contributed by atoms with Crippen molar-refractivity contribution in [3.8, 4) is 0 Å². The number of aromatic nitrogens is 5. The molecule has 1 aromatic carbocycles. The molecule has 11 nitrogen and oxygen atoms in total. The third-order valence-corrected chi connectivity index (χ3v) is 7.52. The maximum atomic E-state index is 14.0. The number of ether oxygens (including phenoxy) is 1. The van der Waals surface area contributed by atoms with Gasteiger partial charge in [-0.1, -0.05) is 0 Å². The van der Waals surface area contributed by atoms with Crippen LogP contribution in [0.2, 0.25) is 0 Å². The summed E-state index contributed by atoms with van der Waals surface area (Å²) < 4.78 is 20.6. The van der Waals surface area contributed by atoms with Crippen molar-refractivity contribution in [2.24, 2.45) is 0 Å². The monoisotopic (exact) mass is 531 g/mol. The Kier molecular flexibility index (Phi) is 6.29. The lowest BCUT2D eigenvalue weighted by molar-refractivity contribution is -0.141. The van der Waals surface area contributed by atoms with E-state index in [1.165, 1.54) is 30.5 Å². The number of esters is 1. The molecule has 0 radical (unpaired) electrons. The zero-order valence-electron chi connectivity index (χ0n) is 21.2. The molecule has 6 rings (SSSR count). The number of hydrogen-bond donors (Lipinski definition) is 1. The van der Waals surface area contributed by atoms with Crippen molar-refractivity contribution in [2.45, 2.75) is 31.2 Å². The highest BCUT2D eigenvalue weighted by atomic mass is 19.1. The first-order valence-corrected chi connectivity index (χ1v) is 12.7. The third kappa shape index (κ3) is 4.51. The van der Waals surface area contributed by atoms with Crippen LogP contribution in [0.15, 0.2) is 53.7 Å². The molecule has 3 aromatic heterocycles. The fourth-order valence-corrected chi connectivity index (χ4v) is 5.62. The van der Waals surface area contributed by atoms with Crippen molar-refractivity contribution in [1.29, 1.82) is 0 Å². The van der Waals surface area contributed by atoms with E-state index in [-0.39, 0.29) is 42.2 Å². The highest BCUT2D eigenvalue weighted by Gasteiger charge is 2.35. The van der Waals surface area contributed by atoms with Crippen LogP contribution < -0.4 is 15.5 Å². The minimum atomic E-state index is -0.434. The Labute approximate surface area is 222 Å². The molecule has 0 spiro atoms. The second kappa shape index (κ2) is 9.93. The smallest absolute Gasteiger partial charge is 0.327 e. The fraction of sp³-hybridized carbons (Fsp3) is 0.333. The van der Waals surface area contributed by atoms with Gasteiger partial charge in [0.15, 0.2) is 5.65 Å². The molecule has 2 aliphatic rings. The number of benzene rings is 1. The Balaban J connectivity index is 1.20. The molecule has 2 aliphatic heterocycles. The summed E-state index contributed by atoms with van der Waals surface area (Å²) >= 11 is 0. The van der Waals surface area contributed by atoms with E-state index in [9.17, 15) is 18.8 Å². The Hall–Kier alpha value is -4.61. The molecule has 1 unspecified atom stereocenters. The number of pyridine rings is 1. The van der Waals surface area contributed by atoms with Gasteiger partial charge < -0.3 is 14.5 Å². The largest absolute Gasteiger partial charge is 0.469 e. The average Bonchev–Trinajstić information content (AvgIpc) is 3.49. The number of methoxy groups -OCH3 is 1. The first-order chi connectivity index (χ1) is 18.9. The first kappa shape index (κ1) is 24.7. The molecule has 12 heteroatoms. The second-order valence-electron chi connectivity index (χ2n) is 9.75. The van der Waals surface area contributed by atoms with E-state index >= 15 is 0 Å². The van der Waals surface area contributed by atoms with Gasteiger partial charge in [0.1, 0.15) is 23.7 Å². The van der Waals surface area contributed by atoms with Crippen LogP contribution in [0.5, 0.6) is 0 Å². The lowest BCUT2D eigenvalue weighted by atomic mass is 9.98. The summed E-state index contributed by atoms with van der Waals surface area (Å²) in [4.78, 5) is 57.4. The zero-order chi connectivity index (χ0) is 27.1. The molecule has 1 fully saturated rings. The molecule has 0 bridgehead atoms. The van der Waals surface area contributed by atoms with E-state index in [0.29, 0.717) is 35.8 Å². The van der Waals surface area contributed by atoms with Gasteiger partial charge in [0.25, 0.3) is 5.91 Å². The molecule has 1 atom stereocenters. The minimum absolute atomic E-state index is 0.0166.